The largest absolute Gasteiger partial charge is 0.492 e. The Bertz CT molecular complexity index is 1330. The first-order valence-corrected chi connectivity index (χ1v) is 10.8. The molecule has 1 aromatic heterocycles. The van der Waals surface area contributed by atoms with Crippen molar-refractivity contribution >= 4 is 40.4 Å². The average molecular weight is 460 g/mol. The van der Waals surface area contributed by atoms with Crippen molar-refractivity contribution in [3.05, 3.63) is 77.4 Å². The lowest BCUT2D eigenvalue weighted by Crippen LogP contribution is -2.15. The van der Waals surface area contributed by atoms with E-state index < -0.39 is 5.97 Å². The Morgan fingerprint density at radius 2 is 1.82 bits per heavy atom. The van der Waals surface area contributed by atoms with E-state index in [1.807, 2.05) is 43.3 Å². The number of methoxy groups -OCH3 is 1. The Balaban J connectivity index is 1.47. The van der Waals surface area contributed by atoms with Crippen molar-refractivity contribution in [1.29, 1.82) is 0 Å². The van der Waals surface area contributed by atoms with Gasteiger partial charge in [0.05, 0.1) is 13.5 Å². The van der Waals surface area contributed by atoms with Crippen LogP contribution in [0.15, 0.2) is 65.1 Å². The molecule has 0 aliphatic heterocycles. The molecule has 0 unspecified atom stereocenters. The van der Waals surface area contributed by atoms with Gasteiger partial charge in [0.15, 0.2) is 11.3 Å². The van der Waals surface area contributed by atoms with Gasteiger partial charge in [0, 0.05) is 23.4 Å². The standard InChI is InChI=1S/C26H25N3O5/c1-16-5-3-4-6-20(16)28-26-29-21-13-10-18(24(33-2)25(21)34-26)15-22(30)27-19-11-7-17(8-12-19)9-14-23(31)32/h3-8,10-13H,9,14-15H2,1-2H3,(H,27,30)(H,28,29)(H,31,32). The van der Waals surface area contributed by atoms with Crippen molar-refractivity contribution in [2.45, 2.75) is 26.2 Å². The number of carboxylic acid groups (broad SMARTS) is 1. The number of carbonyl (C=O) groups is 2. The highest BCUT2D eigenvalue weighted by Crippen LogP contribution is 2.33. The number of hydrogen-bond acceptors (Lipinski definition) is 6. The molecule has 4 rings (SSSR count). The summed E-state index contributed by atoms with van der Waals surface area (Å²) < 4.78 is 11.5. The van der Waals surface area contributed by atoms with Crippen molar-refractivity contribution in [2.75, 3.05) is 17.7 Å². The van der Waals surface area contributed by atoms with Gasteiger partial charge in [-0.25, -0.2) is 0 Å². The third kappa shape index (κ3) is 5.35. The maximum absolute atomic E-state index is 12.7. The molecule has 8 nitrogen and oxygen atoms in total. The van der Waals surface area contributed by atoms with Gasteiger partial charge in [-0.1, -0.05) is 36.4 Å². The van der Waals surface area contributed by atoms with Gasteiger partial charge in [-0.2, -0.15) is 4.98 Å². The first-order chi connectivity index (χ1) is 16.4. The average Bonchev–Trinajstić information content (AvgIpc) is 3.22. The van der Waals surface area contributed by atoms with Crippen LogP contribution in [0.25, 0.3) is 11.1 Å². The maximum Gasteiger partial charge on any atom is 0.303 e. The van der Waals surface area contributed by atoms with Crippen molar-refractivity contribution < 1.29 is 23.8 Å². The normalized spacial score (nSPS) is 10.8. The first-order valence-electron chi connectivity index (χ1n) is 10.8. The molecule has 3 aromatic carbocycles. The Labute approximate surface area is 196 Å². The fourth-order valence-corrected chi connectivity index (χ4v) is 3.64. The number of aliphatic carboxylic acids is 1. The molecule has 1 amide bonds. The van der Waals surface area contributed by atoms with Gasteiger partial charge in [-0.15, -0.1) is 0 Å². The lowest BCUT2D eigenvalue weighted by molar-refractivity contribution is -0.137. The van der Waals surface area contributed by atoms with E-state index >= 15 is 0 Å². The molecular formula is C26H25N3O5. The highest BCUT2D eigenvalue weighted by molar-refractivity contribution is 5.94. The van der Waals surface area contributed by atoms with Gasteiger partial charge in [-0.3, -0.25) is 9.59 Å². The van der Waals surface area contributed by atoms with Crippen molar-refractivity contribution in [3.63, 3.8) is 0 Å². The van der Waals surface area contributed by atoms with Crippen LogP contribution in [0.5, 0.6) is 5.75 Å². The minimum atomic E-state index is -0.840. The molecule has 0 bridgehead atoms. The van der Waals surface area contributed by atoms with Gasteiger partial charge >= 0.3 is 5.97 Å². The Kier molecular flexibility index (Phi) is 6.77. The zero-order chi connectivity index (χ0) is 24.1. The number of fused-ring (bicyclic) bond motifs is 1. The topological polar surface area (TPSA) is 114 Å². The number of ether oxygens (including phenoxy) is 1. The SMILES string of the molecule is COc1c(CC(=O)Nc2ccc(CCC(=O)O)cc2)ccc2nc(Nc3ccccc3C)oc12. The van der Waals surface area contributed by atoms with E-state index in [9.17, 15) is 9.59 Å². The van der Waals surface area contributed by atoms with Crippen molar-refractivity contribution in [3.8, 4) is 5.75 Å². The number of carboxylic acids is 1. The summed E-state index contributed by atoms with van der Waals surface area (Å²) in [5, 5.41) is 14.8. The molecule has 0 saturated heterocycles. The Morgan fingerprint density at radius 1 is 1.06 bits per heavy atom. The van der Waals surface area contributed by atoms with E-state index in [1.54, 1.807) is 24.3 Å². The third-order valence-corrected chi connectivity index (χ3v) is 5.40. The van der Waals surface area contributed by atoms with Crippen LogP contribution in [0.3, 0.4) is 0 Å². The molecular weight excluding hydrogens is 434 g/mol. The van der Waals surface area contributed by atoms with Crippen LogP contribution in [-0.2, 0) is 22.4 Å². The highest BCUT2D eigenvalue weighted by Gasteiger charge is 2.17. The summed E-state index contributed by atoms with van der Waals surface area (Å²) >= 11 is 0. The monoisotopic (exact) mass is 459 g/mol. The van der Waals surface area contributed by atoms with Crippen LogP contribution in [-0.4, -0.2) is 29.1 Å². The molecule has 4 aromatic rings. The number of aryl methyl sites for hydroxylation is 2. The number of carbonyl (C=O) groups excluding carboxylic acids is 1. The fraction of sp³-hybridized carbons (Fsp3) is 0.192. The van der Waals surface area contributed by atoms with Crippen molar-refractivity contribution in [2.24, 2.45) is 0 Å². The molecule has 0 aliphatic rings. The maximum atomic E-state index is 12.7. The van der Waals surface area contributed by atoms with Crippen LogP contribution >= 0.6 is 0 Å². The Hall–Kier alpha value is -4.33. The van der Waals surface area contributed by atoms with E-state index in [-0.39, 0.29) is 18.7 Å². The molecule has 0 saturated carbocycles. The summed E-state index contributed by atoms with van der Waals surface area (Å²) in [5.74, 6) is -0.594. The van der Waals surface area contributed by atoms with Crippen LogP contribution in [0, 0.1) is 6.92 Å². The molecule has 0 radical (unpaired) electrons. The number of hydrogen-bond donors (Lipinski definition) is 3. The zero-order valence-corrected chi connectivity index (χ0v) is 18.9. The minimum Gasteiger partial charge on any atom is -0.492 e. The number of rotatable bonds is 9. The van der Waals surface area contributed by atoms with Crippen LogP contribution in [0.1, 0.15) is 23.1 Å². The van der Waals surface area contributed by atoms with Gasteiger partial charge in [0.25, 0.3) is 6.01 Å². The van der Waals surface area contributed by atoms with E-state index in [4.69, 9.17) is 14.3 Å². The van der Waals surface area contributed by atoms with Gasteiger partial charge < -0.3 is 24.9 Å². The molecule has 174 valence electrons. The van der Waals surface area contributed by atoms with E-state index in [2.05, 4.69) is 15.6 Å². The van der Waals surface area contributed by atoms with Gasteiger partial charge in [0.2, 0.25) is 5.91 Å². The number of aromatic nitrogens is 1. The summed E-state index contributed by atoms with van der Waals surface area (Å²) in [6.07, 6.45) is 0.595. The number of para-hydroxylation sites is 1. The number of anilines is 3. The Morgan fingerprint density at radius 3 is 2.53 bits per heavy atom. The predicted molar refractivity (Wildman–Crippen MR) is 130 cm³/mol. The number of nitrogens with one attached hydrogen (secondary N) is 2. The summed E-state index contributed by atoms with van der Waals surface area (Å²) in [4.78, 5) is 27.9. The summed E-state index contributed by atoms with van der Waals surface area (Å²) in [6.45, 7) is 1.99. The van der Waals surface area contributed by atoms with Crippen molar-refractivity contribution in [1.82, 2.24) is 4.98 Å². The molecule has 0 spiro atoms. The number of nitrogens with zero attached hydrogens (tertiary/aromatic N) is 1. The molecule has 1 heterocycles. The fourth-order valence-electron chi connectivity index (χ4n) is 3.64. The van der Waals surface area contributed by atoms with Gasteiger partial charge in [0.1, 0.15) is 5.52 Å². The predicted octanol–water partition coefficient (Wildman–Crippen LogP) is 5.09. The van der Waals surface area contributed by atoms with E-state index in [0.717, 1.165) is 16.8 Å². The quantitative estimate of drug-likeness (QED) is 0.320. The summed E-state index contributed by atoms with van der Waals surface area (Å²) in [5.41, 5.74) is 5.23. The minimum absolute atomic E-state index is 0.0673. The first kappa shape index (κ1) is 22.8. The molecule has 8 heteroatoms. The molecule has 3 N–H and O–H groups in total. The second-order valence-electron chi connectivity index (χ2n) is 7.88. The molecule has 34 heavy (non-hydrogen) atoms. The zero-order valence-electron chi connectivity index (χ0n) is 18.9. The molecule has 0 fully saturated rings. The van der Waals surface area contributed by atoms with E-state index in [0.29, 0.717) is 40.5 Å². The number of oxazole rings is 1. The van der Waals surface area contributed by atoms with E-state index in [1.165, 1.54) is 7.11 Å². The lowest BCUT2D eigenvalue weighted by atomic mass is 10.1. The van der Waals surface area contributed by atoms with Crippen LogP contribution < -0.4 is 15.4 Å². The lowest BCUT2D eigenvalue weighted by Gasteiger charge is -2.10. The highest BCUT2D eigenvalue weighted by atomic mass is 16.5. The second kappa shape index (κ2) is 10.1. The second-order valence-corrected chi connectivity index (χ2v) is 7.88. The summed E-state index contributed by atoms with van der Waals surface area (Å²) in [6, 6.07) is 18.9. The third-order valence-electron chi connectivity index (χ3n) is 5.40. The number of amides is 1. The smallest absolute Gasteiger partial charge is 0.303 e. The van der Waals surface area contributed by atoms with Crippen LogP contribution in [0.4, 0.5) is 17.4 Å². The molecule has 0 atom stereocenters. The number of benzene rings is 3. The van der Waals surface area contributed by atoms with Crippen LogP contribution in [0.2, 0.25) is 0 Å². The summed E-state index contributed by atoms with van der Waals surface area (Å²) in [7, 11) is 1.53. The van der Waals surface area contributed by atoms with Gasteiger partial charge in [-0.05, 0) is 48.7 Å². The molecule has 0 aliphatic carbocycles.